The lowest BCUT2D eigenvalue weighted by Crippen LogP contribution is -2.15. The summed E-state index contributed by atoms with van der Waals surface area (Å²) in [6, 6.07) is 14.6. The highest BCUT2D eigenvalue weighted by Crippen LogP contribution is 2.18. The summed E-state index contributed by atoms with van der Waals surface area (Å²) < 4.78 is 1.40. The van der Waals surface area contributed by atoms with Gasteiger partial charge >= 0.3 is 0 Å². The summed E-state index contributed by atoms with van der Waals surface area (Å²) in [6.07, 6.45) is 0. The number of aromatic nitrogens is 3. The molecule has 25 heavy (non-hydrogen) atoms. The molecule has 0 spiro atoms. The van der Waals surface area contributed by atoms with Crippen LogP contribution in [0.1, 0.15) is 37.5 Å². The van der Waals surface area contributed by atoms with Gasteiger partial charge in [-0.2, -0.15) is 0 Å². The van der Waals surface area contributed by atoms with Crippen LogP contribution in [-0.2, 0) is 6.54 Å². The van der Waals surface area contributed by atoms with Crippen LogP contribution in [0.4, 0.5) is 5.82 Å². The van der Waals surface area contributed by atoms with Crippen LogP contribution in [0.15, 0.2) is 48.5 Å². The Hall–Kier alpha value is -3.48. The third-order valence-electron chi connectivity index (χ3n) is 3.91. The third-order valence-corrected chi connectivity index (χ3v) is 3.91. The van der Waals surface area contributed by atoms with Crippen molar-refractivity contribution in [3.63, 3.8) is 0 Å². The fourth-order valence-corrected chi connectivity index (χ4v) is 2.61. The molecule has 3 rings (SSSR count). The van der Waals surface area contributed by atoms with Gasteiger partial charge in [-0.3, -0.25) is 9.59 Å². The molecular weight excluding hydrogens is 318 g/mol. The number of amides is 1. The molecule has 7 nitrogen and oxygen atoms in total. The van der Waals surface area contributed by atoms with Crippen molar-refractivity contribution < 1.29 is 9.59 Å². The van der Waals surface area contributed by atoms with Crippen molar-refractivity contribution in [3.8, 4) is 0 Å². The first-order valence-corrected chi connectivity index (χ1v) is 7.65. The Morgan fingerprint density at radius 1 is 1.12 bits per heavy atom. The van der Waals surface area contributed by atoms with Gasteiger partial charge < -0.3 is 11.5 Å². The number of primary amides is 1. The molecule has 3 aromatic rings. The fourth-order valence-electron chi connectivity index (χ4n) is 2.61. The molecule has 0 fully saturated rings. The number of carbonyl (C=O) groups excluding carboxylic acids is 2. The van der Waals surface area contributed by atoms with Crippen LogP contribution < -0.4 is 11.5 Å². The molecule has 0 atom stereocenters. The zero-order chi connectivity index (χ0) is 18.0. The van der Waals surface area contributed by atoms with Gasteiger partial charge in [0.2, 0.25) is 0 Å². The lowest BCUT2D eigenvalue weighted by molar-refractivity contribution is 0.0994. The first-order valence-electron chi connectivity index (χ1n) is 7.65. The van der Waals surface area contributed by atoms with E-state index in [0.29, 0.717) is 17.7 Å². The average Bonchev–Trinajstić information content (AvgIpc) is 2.96. The highest BCUT2D eigenvalue weighted by molar-refractivity contribution is 6.09. The van der Waals surface area contributed by atoms with Gasteiger partial charge in [0.05, 0.1) is 6.54 Å². The van der Waals surface area contributed by atoms with Gasteiger partial charge in [0.15, 0.2) is 17.3 Å². The van der Waals surface area contributed by atoms with Gasteiger partial charge in [-0.25, -0.2) is 4.68 Å². The number of nitrogens with two attached hydrogens (primary N) is 2. The Morgan fingerprint density at radius 2 is 1.84 bits per heavy atom. The van der Waals surface area contributed by atoms with Gasteiger partial charge in [0.1, 0.15) is 0 Å². The maximum Gasteiger partial charge on any atom is 0.273 e. The number of nitrogen functional groups attached to an aromatic ring is 1. The van der Waals surface area contributed by atoms with E-state index in [4.69, 9.17) is 11.5 Å². The van der Waals surface area contributed by atoms with Gasteiger partial charge in [-0.15, -0.1) is 5.10 Å². The summed E-state index contributed by atoms with van der Waals surface area (Å²) in [5.74, 6) is -0.626. The van der Waals surface area contributed by atoms with Gasteiger partial charge in [0, 0.05) is 11.1 Å². The van der Waals surface area contributed by atoms with Crippen molar-refractivity contribution in [2.45, 2.75) is 13.5 Å². The molecule has 1 heterocycles. The molecule has 0 saturated carbocycles. The molecule has 1 amide bonds. The molecule has 2 aromatic carbocycles. The second-order valence-corrected chi connectivity index (χ2v) is 5.69. The molecule has 0 bridgehead atoms. The number of hydrogen-bond donors (Lipinski definition) is 2. The van der Waals surface area contributed by atoms with Crippen LogP contribution in [0, 0.1) is 6.92 Å². The number of hydrogen-bond acceptors (Lipinski definition) is 5. The monoisotopic (exact) mass is 335 g/mol. The van der Waals surface area contributed by atoms with Crippen LogP contribution in [0.5, 0.6) is 0 Å². The van der Waals surface area contributed by atoms with E-state index in [9.17, 15) is 9.59 Å². The normalized spacial score (nSPS) is 10.6. The number of anilines is 1. The van der Waals surface area contributed by atoms with Gasteiger partial charge in [-0.1, -0.05) is 53.7 Å². The number of carbonyl (C=O) groups is 2. The van der Waals surface area contributed by atoms with E-state index in [1.807, 2.05) is 37.3 Å². The molecule has 0 aliphatic carbocycles. The molecule has 0 unspecified atom stereocenters. The minimum atomic E-state index is -0.719. The van der Waals surface area contributed by atoms with E-state index in [-0.39, 0.29) is 17.3 Å². The minimum Gasteiger partial charge on any atom is -0.382 e. The summed E-state index contributed by atoms with van der Waals surface area (Å²) >= 11 is 0. The number of benzene rings is 2. The molecule has 7 heteroatoms. The Labute approximate surface area is 144 Å². The van der Waals surface area contributed by atoms with E-state index in [0.717, 1.165) is 11.1 Å². The second kappa shape index (κ2) is 6.56. The standard InChI is InChI=1S/C18H17N5O2/c1-11-9-12(10-23-17(19)15(18(20)25)21-22-23)7-8-14(11)16(24)13-5-3-2-4-6-13/h2-9H,10,19H2,1H3,(H2,20,25). The first-order chi connectivity index (χ1) is 12.0. The van der Waals surface area contributed by atoms with Crippen LogP contribution in [0.3, 0.4) is 0 Å². The Balaban J connectivity index is 1.85. The van der Waals surface area contributed by atoms with Crippen LogP contribution >= 0.6 is 0 Å². The average molecular weight is 335 g/mol. The highest BCUT2D eigenvalue weighted by Gasteiger charge is 2.16. The predicted molar refractivity (Wildman–Crippen MR) is 93.1 cm³/mol. The number of rotatable bonds is 5. The topological polar surface area (TPSA) is 117 Å². The van der Waals surface area contributed by atoms with E-state index in [1.54, 1.807) is 18.2 Å². The van der Waals surface area contributed by atoms with Gasteiger partial charge in [-0.05, 0) is 18.1 Å². The summed E-state index contributed by atoms with van der Waals surface area (Å²) in [6.45, 7) is 2.20. The largest absolute Gasteiger partial charge is 0.382 e. The lowest BCUT2D eigenvalue weighted by atomic mass is 9.97. The van der Waals surface area contributed by atoms with E-state index >= 15 is 0 Å². The van der Waals surface area contributed by atoms with Crippen molar-refractivity contribution >= 4 is 17.5 Å². The number of aryl methyl sites for hydroxylation is 1. The molecule has 0 aliphatic heterocycles. The Morgan fingerprint density at radius 3 is 2.44 bits per heavy atom. The van der Waals surface area contributed by atoms with Crippen molar-refractivity contribution in [1.29, 1.82) is 0 Å². The van der Waals surface area contributed by atoms with Crippen LogP contribution in [-0.4, -0.2) is 26.7 Å². The van der Waals surface area contributed by atoms with Crippen molar-refractivity contribution in [2.24, 2.45) is 5.73 Å². The lowest BCUT2D eigenvalue weighted by Gasteiger charge is -2.09. The SMILES string of the molecule is Cc1cc(Cn2nnc(C(N)=O)c2N)ccc1C(=O)c1ccccc1. The minimum absolute atomic E-state index is 0.0269. The Bertz CT molecular complexity index is 947. The molecular formula is C18H17N5O2. The van der Waals surface area contributed by atoms with E-state index in [2.05, 4.69) is 10.3 Å². The molecule has 0 radical (unpaired) electrons. The highest BCUT2D eigenvalue weighted by atomic mass is 16.1. The second-order valence-electron chi connectivity index (χ2n) is 5.69. The van der Waals surface area contributed by atoms with Crippen molar-refractivity contribution in [1.82, 2.24) is 15.0 Å². The third kappa shape index (κ3) is 3.25. The van der Waals surface area contributed by atoms with E-state index < -0.39 is 5.91 Å². The smallest absolute Gasteiger partial charge is 0.273 e. The summed E-state index contributed by atoms with van der Waals surface area (Å²) in [4.78, 5) is 23.8. The number of ketones is 1. The first kappa shape index (κ1) is 16.4. The summed E-state index contributed by atoms with van der Waals surface area (Å²) in [5, 5.41) is 7.52. The summed E-state index contributed by atoms with van der Waals surface area (Å²) in [7, 11) is 0. The molecule has 4 N–H and O–H groups in total. The quantitative estimate of drug-likeness (QED) is 0.686. The van der Waals surface area contributed by atoms with Crippen LogP contribution in [0.25, 0.3) is 0 Å². The zero-order valence-corrected chi connectivity index (χ0v) is 13.6. The van der Waals surface area contributed by atoms with Gasteiger partial charge in [0.25, 0.3) is 5.91 Å². The maximum atomic E-state index is 12.6. The summed E-state index contributed by atoms with van der Waals surface area (Å²) in [5.41, 5.74) is 14.0. The van der Waals surface area contributed by atoms with Crippen molar-refractivity contribution in [3.05, 3.63) is 76.5 Å². The van der Waals surface area contributed by atoms with Crippen molar-refractivity contribution in [2.75, 3.05) is 5.73 Å². The molecule has 0 saturated heterocycles. The maximum absolute atomic E-state index is 12.6. The predicted octanol–water partition coefficient (Wildman–Crippen LogP) is 1.55. The van der Waals surface area contributed by atoms with E-state index in [1.165, 1.54) is 4.68 Å². The fraction of sp³-hybridized carbons (Fsp3) is 0.111. The Kier molecular flexibility index (Phi) is 4.30. The van der Waals surface area contributed by atoms with Crippen LogP contribution in [0.2, 0.25) is 0 Å². The molecule has 0 aliphatic rings. The molecule has 126 valence electrons. The molecule has 1 aromatic heterocycles. The zero-order valence-electron chi connectivity index (χ0n) is 13.6. The number of nitrogens with zero attached hydrogens (tertiary/aromatic N) is 3.